The van der Waals surface area contributed by atoms with Gasteiger partial charge < -0.3 is 10.2 Å². The molecule has 25 heavy (non-hydrogen) atoms. The van der Waals surface area contributed by atoms with Gasteiger partial charge in [-0.05, 0) is 32.0 Å². The fourth-order valence-corrected chi connectivity index (χ4v) is 3.96. The first-order chi connectivity index (χ1) is 11.8. The number of likely N-dealkylation sites (N-methyl/N-ethyl adjacent to an activating group) is 1. The van der Waals surface area contributed by atoms with Crippen molar-refractivity contribution in [2.75, 3.05) is 32.7 Å². The Hall–Kier alpha value is -1.93. The molecule has 8 heteroatoms. The van der Waals surface area contributed by atoms with Crippen molar-refractivity contribution in [3.8, 4) is 0 Å². The molecule has 0 aliphatic rings. The van der Waals surface area contributed by atoms with Crippen LogP contribution >= 0.6 is 0 Å². The first-order valence-corrected chi connectivity index (χ1v) is 9.91. The molecule has 0 saturated heterocycles. The topological polar surface area (TPSA) is 86.8 Å². The van der Waals surface area contributed by atoms with Gasteiger partial charge in [-0.3, -0.25) is 9.59 Å². The molecule has 1 aromatic carbocycles. The first-order valence-electron chi connectivity index (χ1n) is 8.47. The van der Waals surface area contributed by atoms with E-state index in [-0.39, 0.29) is 22.9 Å². The number of amides is 2. The zero-order valence-electron chi connectivity index (χ0n) is 15.3. The summed E-state index contributed by atoms with van der Waals surface area (Å²) < 4.78 is 26.4. The highest BCUT2D eigenvalue weighted by Crippen LogP contribution is 2.17. The van der Waals surface area contributed by atoms with E-state index >= 15 is 0 Å². The highest BCUT2D eigenvalue weighted by Gasteiger charge is 2.22. The van der Waals surface area contributed by atoms with Crippen LogP contribution in [0.25, 0.3) is 0 Å². The van der Waals surface area contributed by atoms with Crippen LogP contribution in [-0.4, -0.2) is 62.2 Å². The van der Waals surface area contributed by atoms with Crippen molar-refractivity contribution < 1.29 is 18.0 Å². The molecule has 0 radical (unpaired) electrons. The van der Waals surface area contributed by atoms with Crippen LogP contribution in [-0.2, 0) is 14.8 Å². The third-order valence-electron chi connectivity index (χ3n) is 3.96. The molecule has 7 nitrogen and oxygen atoms in total. The average molecular weight is 369 g/mol. The predicted molar refractivity (Wildman–Crippen MR) is 96.8 cm³/mol. The van der Waals surface area contributed by atoms with Crippen molar-refractivity contribution in [2.24, 2.45) is 0 Å². The number of hydrogen-bond donors (Lipinski definition) is 1. The smallest absolute Gasteiger partial charge is 0.251 e. The lowest BCUT2D eigenvalue weighted by atomic mass is 10.2. The summed E-state index contributed by atoms with van der Waals surface area (Å²) in [5.41, 5.74) is 0.209. The summed E-state index contributed by atoms with van der Waals surface area (Å²) >= 11 is 0. The molecule has 1 rings (SSSR count). The van der Waals surface area contributed by atoms with Crippen molar-refractivity contribution in [1.29, 1.82) is 0 Å². The SMILES string of the molecule is CCN(CC)C(=O)CNC(=O)c1cccc(S(=O)(=O)N(CC)CC)c1. The van der Waals surface area contributed by atoms with Crippen LogP contribution in [0, 0.1) is 0 Å². The van der Waals surface area contributed by atoms with Crippen molar-refractivity contribution in [2.45, 2.75) is 32.6 Å². The van der Waals surface area contributed by atoms with Gasteiger partial charge in [-0.25, -0.2) is 8.42 Å². The van der Waals surface area contributed by atoms with Crippen LogP contribution < -0.4 is 5.32 Å². The minimum absolute atomic E-state index is 0.0684. The molecule has 2 amide bonds. The Morgan fingerprint density at radius 3 is 2.12 bits per heavy atom. The second-order valence-corrected chi connectivity index (χ2v) is 7.30. The summed E-state index contributed by atoms with van der Waals surface area (Å²) in [5, 5.41) is 2.55. The van der Waals surface area contributed by atoms with Gasteiger partial charge in [0.05, 0.1) is 11.4 Å². The van der Waals surface area contributed by atoms with Gasteiger partial charge in [0.1, 0.15) is 0 Å². The Bertz CT molecular complexity index is 696. The van der Waals surface area contributed by atoms with Crippen molar-refractivity contribution in [3.05, 3.63) is 29.8 Å². The molecule has 0 bridgehead atoms. The maximum Gasteiger partial charge on any atom is 0.251 e. The van der Waals surface area contributed by atoms with E-state index < -0.39 is 15.9 Å². The van der Waals surface area contributed by atoms with Crippen LogP contribution in [0.2, 0.25) is 0 Å². The van der Waals surface area contributed by atoms with Crippen LogP contribution in [0.3, 0.4) is 0 Å². The van der Waals surface area contributed by atoms with Crippen molar-refractivity contribution >= 4 is 21.8 Å². The molecule has 0 spiro atoms. The number of rotatable bonds is 9. The Morgan fingerprint density at radius 2 is 1.60 bits per heavy atom. The van der Waals surface area contributed by atoms with Gasteiger partial charge >= 0.3 is 0 Å². The second-order valence-electron chi connectivity index (χ2n) is 5.37. The number of hydrogen-bond acceptors (Lipinski definition) is 4. The molecule has 140 valence electrons. The lowest BCUT2D eigenvalue weighted by Crippen LogP contribution is -2.40. The number of benzene rings is 1. The molecule has 0 unspecified atom stereocenters. The normalized spacial score (nSPS) is 11.4. The van der Waals surface area contributed by atoms with Crippen LogP contribution in [0.4, 0.5) is 0 Å². The standard InChI is InChI=1S/C17H27N3O4S/c1-5-19(6-2)16(21)13-18-17(22)14-10-9-11-15(12-14)25(23,24)20(7-3)8-4/h9-12H,5-8,13H2,1-4H3,(H,18,22). The Morgan fingerprint density at radius 1 is 1.00 bits per heavy atom. The molecule has 0 fully saturated rings. The Balaban J connectivity index is 2.91. The summed E-state index contributed by atoms with van der Waals surface area (Å²) in [6, 6.07) is 5.85. The zero-order valence-corrected chi connectivity index (χ0v) is 16.1. The van der Waals surface area contributed by atoms with Gasteiger partial charge in [0.25, 0.3) is 5.91 Å². The van der Waals surface area contributed by atoms with Crippen molar-refractivity contribution in [3.63, 3.8) is 0 Å². The molecule has 0 saturated carbocycles. The molecular formula is C17H27N3O4S. The number of carbonyl (C=O) groups excluding carboxylic acids is 2. The van der Waals surface area contributed by atoms with Gasteiger partial charge in [0, 0.05) is 31.7 Å². The van der Waals surface area contributed by atoms with Crippen LogP contribution in [0.5, 0.6) is 0 Å². The fourth-order valence-electron chi connectivity index (χ4n) is 2.46. The van der Waals surface area contributed by atoms with E-state index in [0.717, 1.165) is 0 Å². The Labute approximate surface area is 150 Å². The van der Waals surface area contributed by atoms with E-state index in [1.165, 1.54) is 28.6 Å². The first kappa shape index (κ1) is 21.1. The van der Waals surface area contributed by atoms with Crippen LogP contribution in [0.15, 0.2) is 29.2 Å². The van der Waals surface area contributed by atoms with E-state index in [9.17, 15) is 18.0 Å². The fraction of sp³-hybridized carbons (Fsp3) is 0.529. The summed E-state index contributed by atoms with van der Waals surface area (Å²) in [6.45, 7) is 8.99. The van der Waals surface area contributed by atoms with E-state index in [4.69, 9.17) is 0 Å². The maximum atomic E-state index is 12.5. The highest BCUT2D eigenvalue weighted by molar-refractivity contribution is 7.89. The summed E-state index contributed by atoms with van der Waals surface area (Å²) in [4.78, 5) is 25.9. The number of nitrogens with zero attached hydrogens (tertiary/aromatic N) is 2. The molecule has 0 aromatic heterocycles. The molecule has 0 atom stereocenters. The monoisotopic (exact) mass is 369 g/mol. The second kappa shape index (κ2) is 9.53. The average Bonchev–Trinajstić information content (AvgIpc) is 2.61. The molecular weight excluding hydrogens is 342 g/mol. The quantitative estimate of drug-likeness (QED) is 0.711. The van der Waals surface area contributed by atoms with Gasteiger partial charge in [0.2, 0.25) is 15.9 Å². The van der Waals surface area contributed by atoms with E-state index in [1.54, 1.807) is 18.7 Å². The molecule has 1 N–H and O–H groups in total. The summed E-state index contributed by atoms with van der Waals surface area (Å²) in [7, 11) is -3.63. The van der Waals surface area contributed by atoms with Gasteiger partial charge in [0.15, 0.2) is 0 Å². The van der Waals surface area contributed by atoms with E-state index in [0.29, 0.717) is 26.2 Å². The molecule has 0 aliphatic carbocycles. The number of carbonyl (C=O) groups is 2. The Kier molecular flexibility index (Phi) is 8.05. The van der Waals surface area contributed by atoms with Crippen molar-refractivity contribution in [1.82, 2.24) is 14.5 Å². The number of nitrogens with one attached hydrogen (secondary N) is 1. The minimum atomic E-state index is -3.63. The maximum absolute atomic E-state index is 12.5. The third-order valence-corrected chi connectivity index (χ3v) is 6.00. The lowest BCUT2D eigenvalue weighted by Gasteiger charge is -2.19. The van der Waals surface area contributed by atoms with Gasteiger partial charge in [-0.15, -0.1) is 0 Å². The molecule has 0 heterocycles. The highest BCUT2D eigenvalue weighted by atomic mass is 32.2. The number of sulfonamides is 1. The summed E-state index contributed by atoms with van der Waals surface area (Å²) in [5.74, 6) is -0.651. The zero-order chi connectivity index (χ0) is 19.0. The van der Waals surface area contributed by atoms with Crippen LogP contribution in [0.1, 0.15) is 38.1 Å². The molecule has 1 aromatic rings. The van der Waals surface area contributed by atoms with Gasteiger partial charge in [-0.1, -0.05) is 19.9 Å². The summed E-state index contributed by atoms with van der Waals surface area (Å²) in [6.07, 6.45) is 0. The third kappa shape index (κ3) is 5.27. The predicted octanol–water partition coefficient (Wildman–Crippen LogP) is 1.32. The molecule has 0 aliphatic heterocycles. The van der Waals surface area contributed by atoms with Gasteiger partial charge in [-0.2, -0.15) is 4.31 Å². The largest absolute Gasteiger partial charge is 0.343 e. The lowest BCUT2D eigenvalue weighted by molar-refractivity contribution is -0.129. The minimum Gasteiger partial charge on any atom is -0.343 e. The van der Waals surface area contributed by atoms with E-state index in [1.807, 2.05) is 13.8 Å². The van der Waals surface area contributed by atoms with E-state index in [2.05, 4.69) is 5.32 Å².